The molecule has 1 aliphatic rings. The van der Waals surface area contributed by atoms with Crippen LogP contribution in [-0.4, -0.2) is 51.1 Å². The van der Waals surface area contributed by atoms with E-state index in [2.05, 4.69) is 10.3 Å². The van der Waals surface area contributed by atoms with E-state index in [1.807, 2.05) is 0 Å². The second-order valence-electron chi connectivity index (χ2n) is 7.35. The molecule has 160 valence electrons. The molecule has 0 bridgehead atoms. The largest absolute Gasteiger partial charge is 0.351 e. The number of Topliss-reactive ketones (excluding diaryl/α,β-unsaturated/α-hetero) is 1. The molecule has 1 aromatic carbocycles. The smallest absolute Gasteiger partial charge is 0.323 e. The van der Waals surface area contributed by atoms with Crippen molar-refractivity contribution in [2.75, 3.05) is 11.9 Å². The summed E-state index contributed by atoms with van der Waals surface area (Å²) >= 11 is 5.91. The van der Waals surface area contributed by atoms with Gasteiger partial charge in [0.25, 0.3) is 0 Å². The maximum Gasteiger partial charge on any atom is 0.323 e. The van der Waals surface area contributed by atoms with Gasteiger partial charge in [0.15, 0.2) is 5.78 Å². The molecule has 4 rings (SSSR count). The summed E-state index contributed by atoms with van der Waals surface area (Å²) < 4.78 is 15.4. The van der Waals surface area contributed by atoms with Crippen molar-refractivity contribution in [2.45, 2.75) is 25.1 Å². The number of urea groups is 1. The Morgan fingerprint density at radius 2 is 2.03 bits per heavy atom. The van der Waals surface area contributed by atoms with Crippen LogP contribution in [0.25, 0.3) is 10.9 Å². The van der Waals surface area contributed by atoms with Crippen LogP contribution in [0.3, 0.4) is 0 Å². The van der Waals surface area contributed by atoms with Crippen LogP contribution in [0.4, 0.5) is 19.7 Å². The lowest BCUT2D eigenvalue weighted by molar-refractivity contribution is -0.121. The molecule has 1 fully saturated rings. The maximum atomic E-state index is 14.2. The Kier molecular flexibility index (Phi) is 5.60. The monoisotopic (exact) mass is 443 g/mol. The number of nitrogens with two attached hydrogens (primary N) is 1. The fraction of sp³-hybridized carbons (Fsp3) is 0.238. The van der Waals surface area contributed by atoms with Crippen molar-refractivity contribution in [1.29, 1.82) is 0 Å². The summed E-state index contributed by atoms with van der Waals surface area (Å²) in [4.78, 5) is 42.6. The van der Waals surface area contributed by atoms with E-state index in [9.17, 15) is 18.8 Å². The van der Waals surface area contributed by atoms with Crippen LogP contribution in [0.15, 0.2) is 48.9 Å². The first kappa shape index (κ1) is 20.8. The summed E-state index contributed by atoms with van der Waals surface area (Å²) in [5.41, 5.74) is 6.85. The van der Waals surface area contributed by atoms with E-state index >= 15 is 0 Å². The quantitative estimate of drug-likeness (QED) is 0.644. The summed E-state index contributed by atoms with van der Waals surface area (Å²) in [5.74, 6) is -0.307. The molecule has 3 N–H and O–H groups in total. The molecule has 0 unspecified atom stereocenters. The number of nitrogens with one attached hydrogen (secondary N) is 1. The maximum absolute atomic E-state index is 14.2. The average molecular weight is 444 g/mol. The molecule has 0 radical (unpaired) electrons. The minimum atomic E-state index is -1.32. The normalized spacial score (nSPS) is 18.3. The topological polar surface area (TPSA) is 110 Å². The van der Waals surface area contributed by atoms with Crippen molar-refractivity contribution in [3.63, 3.8) is 0 Å². The number of halogens is 2. The average Bonchev–Trinajstić information content (AvgIpc) is 3.29. The summed E-state index contributed by atoms with van der Waals surface area (Å²) in [7, 11) is 0. The van der Waals surface area contributed by atoms with Crippen molar-refractivity contribution in [3.05, 3.63) is 59.5 Å². The van der Waals surface area contributed by atoms with Gasteiger partial charge in [-0.25, -0.2) is 14.0 Å². The van der Waals surface area contributed by atoms with Crippen molar-refractivity contribution >= 4 is 46.0 Å². The van der Waals surface area contributed by atoms with Gasteiger partial charge >= 0.3 is 12.1 Å². The number of ketones is 1. The number of amides is 3. The lowest BCUT2D eigenvalue weighted by Crippen LogP contribution is -2.43. The first-order chi connectivity index (χ1) is 14.8. The molecule has 31 heavy (non-hydrogen) atoms. The minimum absolute atomic E-state index is 0.0181. The van der Waals surface area contributed by atoms with Gasteiger partial charge in [0, 0.05) is 36.8 Å². The number of benzene rings is 1. The summed E-state index contributed by atoms with van der Waals surface area (Å²) in [6.45, 7) is -0.204. The van der Waals surface area contributed by atoms with Gasteiger partial charge in [0.1, 0.15) is 6.17 Å². The van der Waals surface area contributed by atoms with Gasteiger partial charge in [-0.05, 0) is 17.7 Å². The highest BCUT2D eigenvalue weighted by molar-refractivity contribution is 6.30. The molecule has 3 heterocycles. The Bertz CT molecular complexity index is 1180. The van der Waals surface area contributed by atoms with E-state index in [-0.39, 0.29) is 25.2 Å². The number of aromatic nitrogens is 2. The third-order valence-corrected chi connectivity index (χ3v) is 5.42. The highest BCUT2D eigenvalue weighted by atomic mass is 35.5. The predicted octanol–water partition coefficient (Wildman–Crippen LogP) is 3.37. The number of hydrogen-bond donors (Lipinski definition) is 2. The van der Waals surface area contributed by atoms with Crippen LogP contribution in [0.5, 0.6) is 0 Å². The number of anilines is 1. The highest BCUT2D eigenvalue weighted by Gasteiger charge is 2.39. The molecule has 0 saturated carbocycles. The lowest BCUT2D eigenvalue weighted by atomic mass is 10.0. The van der Waals surface area contributed by atoms with Gasteiger partial charge in [-0.1, -0.05) is 29.8 Å². The predicted molar refractivity (Wildman–Crippen MR) is 114 cm³/mol. The second kappa shape index (κ2) is 8.35. The van der Waals surface area contributed by atoms with E-state index in [1.165, 1.54) is 28.1 Å². The van der Waals surface area contributed by atoms with Crippen LogP contribution in [-0.2, 0) is 11.2 Å². The number of primary amides is 1. The van der Waals surface area contributed by atoms with Gasteiger partial charge in [-0.15, -0.1) is 0 Å². The molecule has 1 aliphatic heterocycles. The number of hydrogen-bond acceptors (Lipinski definition) is 4. The number of carbonyl (C=O) groups is 3. The molecule has 2 atom stereocenters. The number of alkyl halides is 1. The van der Waals surface area contributed by atoms with Crippen molar-refractivity contribution in [1.82, 2.24) is 14.5 Å². The van der Waals surface area contributed by atoms with Gasteiger partial charge in [0.05, 0.1) is 28.8 Å². The third kappa shape index (κ3) is 4.22. The van der Waals surface area contributed by atoms with Crippen LogP contribution >= 0.6 is 11.6 Å². The highest BCUT2D eigenvalue weighted by Crippen LogP contribution is 2.28. The first-order valence-electron chi connectivity index (χ1n) is 9.57. The molecule has 3 amide bonds. The Balaban J connectivity index is 1.55. The Morgan fingerprint density at radius 3 is 2.77 bits per heavy atom. The molecule has 2 aromatic heterocycles. The zero-order valence-electron chi connectivity index (χ0n) is 16.3. The minimum Gasteiger partial charge on any atom is -0.351 e. The van der Waals surface area contributed by atoms with Crippen LogP contribution in [0.2, 0.25) is 5.02 Å². The third-order valence-electron chi connectivity index (χ3n) is 5.21. The summed E-state index contributed by atoms with van der Waals surface area (Å²) in [6.07, 6.45) is 2.95. The summed E-state index contributed by atoms with van der Waals surface area (Å²) in [6, 6.07) is 6.26. The molecule has 10 heteroatoms. The van der Waals surface area contributed by atoms with Crippen LogP contribution in [0.1, 0.15) is 12.0 Å². The van der Waals surface area contributed by atoms with Crippen molar-refractivity contribution in [2.24, 2.45) is 5.73 Å². The molecule has 0 aliphatic carbocycles. The van der Waals surface area contributed by atoms with Gasteiger partial charge in [0.2, 0.25) is 0 Å². The lowest BCUT2D eigenvalue weighted by Gasteiger charge is -2.23. The molecular weight excluding hydrogens is 425 g/mol. The van der Waals surface area contributed by atoms with E-state index in [1.54, 1.807) is 30.3 Å². The fourth-order valence-electron chi connectivity index (χ4n) is 3.83. The number of rotatable bonds is 4. The number of nitrogens with zero attached hydrogens (tertiary/aromatic N) is 3. The first-order valence-corrected chi connectivity index (χ1v) is 9.95. The number of para-hydroxylation sites is 1. The van der Waals surface area contributed by atoms with E-state index < -0.39 is 24.3 Å². The van der Waals surface area contributed by atoms with Gasteiger partial charge < -0.3 is 16.0 Å². The molecular formula is C21H19ClFN5O3. The zero-order valence-corrected chi connectivity index (χ0v) is 17.1. The van der Waals surface area contributed by atoms with Crippen molar-refractivity contribution in [3.8, 4) is 0 Å². The molecule has 1 saturated heterocycles. The van der Waals surface area contributed by atoms with E-state index in [0.717, 1.165) is 0 Å². The van der Waals surface area contributed by atoms with Gasteiger partial charge in [-0.2, -0.15) is 0 Å². The zero-order chi connectivity index (χ0) is 22.1. The van der Waals surface area contributed by atoms with Crippen LogP contribution < -0.4 is 11.1 Å². The molecule has 3 aromatic rings. The van der Waals surface area contributed by atoms with Gasteiger partial charge in [-0.3, -0.25) is 14.3 Å². The number of pyridine rings is 1. The van der Waals surface area contributed by atoms with Crippen molar-refractivity contribution < 1.29 is 18.8 Å². The van der Waals surface area contributed by atoms with Crippen LogP contribution in [0, 0.1) is 0 Å². The number of likely N-dealkylation sites (tertiary alicyclic amines) is 1. The SMILES string of the molecule is NC(=O)n1cc(NC(=O)N2C[C@H](F)C[C@H]2C(=O)Cc2cncc(Cl)c2)c2ccccc21. The Labute approximate surface area is 181 Å². The van der Waals surface area contributed by atoms with E-state index in [4.69, 9.17) is 17.3 Å². The standard InChI is InChI=1S/C21H19ClFN5O3/c22-13-5-12(8-25-9-13)6-19(29)18-7-14(23)10-28(18)21(31)26-16-11-27(20(24)30)17-4-2-1-3-15(16)17/h1-5,8-9,11,14,18H,6-7,10H2,(H2,24,30)(H,26,31)/t14-,18+/m1/s1. The Morgan fingerprint density at radius 1 is 1.26 bits per heavy atom. The molecule has 8 nitrogen and oxygen atoms in total. The summed E-state index contributed by atoms with van der Waals surface area (Å²) in [5, 5.41) is 3.67. The molecule has 0 spiro atoms. The number of carbonyl (C=O) groups excluding carboxylic acids is 3. The van der Waals surface area contributed by atoms with E-state index in [0.29, 0.717) is 27.2 Å². The second-order valence-corrected chi connectivity index (χ2v) is 7.79. The fourth-order valence-corrected chi connectivity index (χ4v) is 4.03. The Hall–Kier alpha value is -3.46. The number of fused-ring (bicyclic) bond motifs is 1.